The van der Waals surface area contributed by atoms with Crippen LogP contribution in [0.3, 0.4) is 0 Å². The van der Waals surface area contributed by atoms with Crippen LogP contribution in [0.5, 0.6) is 0 Å². The van der Waals surface area contributed by atoms with Crippen molar-refractivity contribution in [3.05, 3.63) is 53.7 Å². The molecule has 0 spiro atoms. The lowest BCUT2D eigenvalue weighted by Crippen LogP contribution is -2.04. The van der Waals surface area contributed by atoms with E-state index in [2.05, 4.69) is 42.2 Å². The van der Waals surface area contributed by atoms with Gasteiger partial charge in [0.1, 0.15) is 5.03 Å². The van der Waals surface area contributed by atoms with Crippen molar-refractivity contribution in [2.75, 3.05) is 0 Å². The second-order valence-corrected chi connectivity index (χ2v) is 5.23. The SMILES string of the molecule is Cc1ccc(Sc2cc(C(C)N)ccn2)cc1. The topological polar surface area (TPSA) is 38.9 Å². The molecule has 1 heterocycles. The van der Waals surface area contributed by atoms with Crippen LogP contribution in [0.1, 0.15) is 24.1 Å². The maximum Gasteiger partial charge on any atom is 0.101 e. The first-order valence-corrected chi connectivity index (χ1v) is 6.43. The molecule has 0 aliphatic heterocycles. The van der Waals surface area contributed by atoms with Gasteiger partial charge in [-0.05, 0) is 43.7 Å². The zero-order valence-electron chi connectivity index (χ0n) is 10.1. The lowest BCUT2D eigenvalue weighted by molar-refractivity contribution is 0.808. The summed E-state index contributed by atoms with van der Waals surface area (Å²) in [4.78, 5) is 5.55. The Morgan fingerprint density at radius 1 is 1.18 bits per heavy atom. The number of aryl methyl sites for hydroxylation is 1. The van der Waals surface area contributed by atoms with Gasteiger partial charge < -0.3 is 5.73 Å². The Labute approximate surface area is 106 Å². The third-order valence-electron chi connectivity index (χ3n) is 2.53. The third-order valence-corrected chi connectivity index (χ3v) is 3.47. The Morgan fingerprint density at radius 3 is 2.53 bits per heavy atom. The normalized spacial score (nSPS) is 12.4. The number of rotatable bonds is 3. The predicted octanol–water partition coefficient (Wildman–Crippen LogP) is 3.56. The molecule has 0 saturated carbocycles. The Kier molecular flexibility index (Phi) is 3.82. The Balaban J connectivity index is 2.18. The molecule has 88 valence electrons. The summed E-state index contributed by atoms with van der Waals surface area (Å²) in [6.07, 6.45) is 1.81. The van der Waals surface area contributed by atoms with E-state index in [9.17, 15) is 0 Å². The molecule has 0 radical (unpaired) electrons. The van der Waals surface area contributed by atoms with Gasteiger partial charge in [0.15, 0.2) is 0 Å². The van der Waals surface area contributed by atoms with E-state index < -0.39 is 0 Å². The Bertz CT molecular complexity index is 492. The zero-order chi connectivity index (χ0) is 12.3. The van der Waals surface area contributed by atoms with Crippen LogP contribution >= 0.6 is 11.8 Å². The molecule has 0 aliphatic rings. The van der Waals surface area contributed by atoms with Crippen LogP contribution < -0.4 is 5.73 Å². The van der Waals surface area contributed by atoms with E-state index in [-0.39, 0.29) is 6.04 Å². The lowest BCUT2D eigenvalue weighted by atomic mass is 10.1. The molecular formula is C14H16N2S. The average molecular weight is 244 g/mol. The second-order valence-electron chi connectivity index (χ2n) is 4.13. The standard InChI is InChI=1S/C14H16N2S/c1-10-3-5-13(6-4-10)17-14-9-12(11(2)15)7-8-16-14/h3-9,11H,15H2,1-2H3. The third kappa shape index (κ3) is 3.32. The van der Waals surface area contributed by atoms with Gasteiger partial charge in [-0.3, -0.25) is 0 Å². The maximum atomic E-state index is 5.86. The fraction of sp³-hybridized carbons (Fsp3) is 0.214. The Hall–Kier alpha value is -1.32. The monoisotopic (exact) mass is 244 g/mol. The molecule has 0 aliphatic carbocycles. The van der Waals surface area contributed by atoms with Gasteiger partial charge in [0.2, 0.25) is 0 Å². The summed E-state index contributed by atoms with van der Waals surface area (Å²) >= 11 is 1.66. The highest BCUT2D eigenvalue weighted by molar-refractivity contribution is 7.99. The van der Waals surface area contributed by atoms with Gasteiger partial charge in [-0.15, -0.1) is 0 Å². The van der Waals surface area contributed by atoms with Gasteiger partial charge in [0.25, 0.3) is 0 Å². The van der Waals surface area contributed by atoms with Gasteiger partial charge in [-0.2, -0.15) is 0 Å². The molecule has 2 aromatic rings. The molecule has 1 unspecified atom stereocenters. The number of hydrogen-bond donors (Lipinski definition) is 1. The number of hydrogen-bond acceptors (Lipinski definition) is 3. The van der Waals surface area contributed by atoms with Gasteiger partial charge in [0, 0.05) is 17.1 Å². The van der Waals surface area contributed by atoms with Crippen molar-refractivity contribution >= 4 is 11.8 Å². The number of aromatic nitrogens is 1. The van der Waals surface area contributed by atoms with Crippen molar-refractivity contribution in [2.24, 2.45) is 5.73 Å². The molecule has 1 atom stereocenters. The summed E-state index contributed by atoms with van der Waals surface area (Å²) in [6, 6.07) is 12.5. The van der Waals surface area contributed by atoms with Gasteiger partial charge in [-0.1, -0.05) is 29.5 Å². The second kappa shape index (κ2) is 5.34. The van der Waals surface area contributed by atoms with Crippen LogP contribution in [0, 0.1) is 6.92 Å². The molecule has 2 nitrogen and oxygen atoms in total. The van der Waals surface area contributed by atoms with Crippen molar-refractivity contribution in [2.45, 2.75) is 29.8 Å². The van der Waals surface area contributed by atoms with Crippen molar-refractivity contribution < 1.29 is 0 Å². The molecule has 2 rings (SSSR count). The van der Waals surface area contributed by atoms with Crippen molar-refractivity contribution in [3.63, 3.8) is 0 Å². The highest BCUT2D eigenvalue weighted by atomic mass is 32.2. The Morgan fingerprint density at radius 2 is 1.88 bits per heavy atom. The summed E-state index contributed by atoms with van der Waals surface area (Å²) in [7, 11) is 0. The highest BCUT2D eigenvalue weighted by Gasteiger charge is 2.03. The van der Waals surface area contributed by atoms with Gasteiger partial charge >= 0.3 is 0 Å². The minimum Gasteiger partial charge on any atom is -0.324 e. The molecule has 3 heteroatoms. The molecule has 0 fully saturated rings. The van der Waals surface area contributed by atoms with Crippen molar-refractivity contribution in [3.8, 4) is 0 Å². The molecule has 1 aromatic carbocycles. The fourth-order valence-electron chi connectivity index (χ4n) is 1.49. The molecule has 0 bridgehead atoms. The van der Waals surface area contributed by atoms with Gasteiger partial charge in [-0.25, -0.2) is 4.98 Å². The summed E-state index contributed by atoms with van der Waals surface area (Å²) in [5.41, 5.74) is 8.25. The number of nitrogens with zero attached hydrogens (tertiary/aromatic N) is 1. The average Bonchev–Trinajstić information content (AvgIpc) is 2.32. The van der Waals surface area contributed by atoms with Crippen molar-refractivity contribution in [1.29, 1.82) is 0 Å². The van der Waals surface area contributed by atoms with E-state index in [0.29, 0.717) is 0 Å². The largest absolute Gasteiger partial charge is 0.324 e. The van der Waals surface area contributed by atoms with Gasteiger partial charge in [0.05, 0.1) is 0 Å². The first kappa shape index (κ1) is 12.1. The maximum absolute atomic E-state index is 5.86. The highest BCUT2D eigenvalue weighted by Crippen LogP contribution is 2.27. The van der Waals surface area contributed by atoms with Crippen LogP contribution in [-0.4, -0.2) is 4.98 Å². The van der Waals surface area contributed by atoms with E-state index in [0.717, 1.165) is 10.6 Å². The first-order chi connectivity index (χ1) is 8.15. The quantitative estimate of drug-likeness (QED) is 0.897. The summed E-state index contributed by atoms with van der Waals surface area (Å²) < 4.78 is 0. The minimum atomic E-state index is 0.0513. The molecule has 0 amide bonds. The van der Waals surface area contributed by atoms with Crippen LogP contribution in [0.25, 0.3) is 0 Å². The van der Waals surface area contributed by atoms with Crippen LogP contribution in [0.4, 0.5) is 0 Å². The molecular weight excluding hydrogens is 228 g/mol. The predicted molar refractivity (Wildman–Crippen MR) is 72.1 cm³/mol. The molecule has 2 N–H and O–H groups in total. The smallest absolute Gasteiger partial charge is 0.101 e. The van der Waals surface area contributed by atoms with E-state index in [4.69, 9.17) is 5.73 Å². The first-order valence-electron chi connectivity index (χ1n) is 5.61. The van der Waals surface area contributed by atoms with E-state index in [1.165, 1.54) is 10.5 Å². The minimum absolute atomic E-state index is 0.0513. The number of benzene rings is 1. The van der Waals surface area contributed by atoms with Crippen LogP contribution in [0.15, 0.2) is 52.5 Å². The zero-order valence-corrected chi connectivity index (χ0v) is 10.9. The van der Waals surface area contributed by atoms with E-state index in [1.807, 2.05) is 19.2 Å². The van der Waals surface area contributed by atoms with Crippen molar-refractivity contribution in [1.82, 2.24) is 4.98 Å². The summed E-state index contributed by atoms with van der Waals surface area (Å²) in [5, 5.41) is 0.989. The summed E-state index contributed by atoms with van der Waals surface area (Å²) in [6.45, 7) is 4.07. The van der Waals surface area contributed by atoms with E-state index in [1.54, 1.807) is 11.8 Å². The number of nitrogens with two attached hydrogens (primary N) is 1. The molecule has 1 aromatic heterocycles. The number of pyridine rings is 1. The van der Waals surface area contributed by atoms with Crippen LogP contribution in [0.2, 0.25) is 0 Å². The molecule has 17 heavy (non-hydrogen) atoms. The summed E-state index contributed by atoms with van der Waals surface area (Å²) in [5.74, 6) is 0. The lowest BCUT2D eigenvalue weighted by Gasteiger charge is -2.07. The van der Waals surface area contributed by atoms with Crippen LogP contribution in [-0.2, 0) is 0 Å². The fourth-order valence-corrected chi connectivity index (χ4v) is 2.31. The van der Waals surface area contributed by atoms with E-state index >= 15 is 0 Å². The molecule has 0 saturated heterocycles.